The number of nitriles is 1. The third kappa shape index (κ3) is 4.68. The Labute approximate surface area is 170 Å². The number of aliphatic imine (C=N–C) groups is 1. The largest absolute Gasteiger partial charge is 0.378 e. The summed E-state index contributed by atoms with van der Waals surface area (Å²) in [7, 11) is 0. The number of thioether (sulfide) groups is 2. The second-order valence-electron chi connectivity index (χ2n) is 6.11. The average Bonchev–Trinajstić information content (AvgIpc) is 2.66. The first kappa shape index (κ1) is 19.9. The second kappa shape index (κ2) is 8.41. The molecule has 0 aromatic carbocycles. The van der Waals surface area contributed by atoms with Gasteiger partial charge in [-0.05, 0) is 24.0 Å². The number of carbonyl (C=O) groups excluding carboxylic acids is 1. The zero-order valence-corrected chi connectivity index (χ0v) is 16.7. The Morgan fingerprint density at radius 3 is 2.96 bits per heavy atom. The van der Waals surface area contributed by atoms with E-state index in [0.717, 1.165) is 4.91 Å². The molecule has 0 radical (unpaired) electrons. The summed E-state index contributed by atoms with van der Waals surface area (Å²) in [5.74, 6) is -0.116. The van der Waals surface area contributed by atoms with Crippen molar-refractivity contribution in [3.63, 3.8) is 0 Å². The summed E-state index contributed by atoms with van der Waals surface area (Å²) in [5, 5.41) is 12.4. The molecule has 2 aromatic rings. The number of anilines is 1. The van der Waals surface area contributed by atoms with Crippen molar-refractivity contribution in [1.29, 1.82) is 5.26 Å². The number of pyridine rings is 1. The highest BCUT2D eigenvalue weighted by Crippen LogP contribution is 2.39. The molecule has 0 saturated carbocycles. The lowest BCUT2D eigenvalue weighted by Crippen LogP contribution is -2.29. The molecule has 0 unspecified atom stereocenters. The fourth-order valence-corrected chi connectivity index (χ4v) is 4.00. The van der Waals surface area contributed by atoms with E-state index in [1.54, 1.807) is 18.3 Å². The van der Waals surface area contributed by atoms with Crippen LogP contribution in [0.3, 0.4) is 0 Å². The van der Waals surface area contributed by atoms with Crippen LogP contribution in [0.4, 0.5) is 5.69 Å². The topological polar surface area (TPSA) is 130 Å². The summed E-state index contributed by atoms with van der Waals surface area (Å²) >= 11 is 2.61. The number of nitrogens with one attached hydrogen (secondary N) is 1. The van der Waals surface area contributed by atoms with Crippen molar-refractivity contribution < 1.29 is 4.79 Å². The zero-order valence-electron chi connectivity index (χ0n) is 15.0. The Morgan fingerprint density at radius 1 is 1.46 bits per heavy atom. The van der Waals surface area contributed by atoms with E-state index >= 15 is 0 Å². The molecule has 10 heteroatoms. The minimum atomic E-state index is -0.632. The lowest BCUT2D eigenvalue weighted by Gasteiger charge is -2.30. The number of nitrogens with zero attached hydrogens (tertiary/aromatic N) is 5. The monoisotopic (exact) mass is 411 g/mol. The fourth-order valence-electron chi connectivity index (χ4n) is 2.63. The van der Waals surface area contributed by atoms with Gasteiger partial charge in [0.1, 0.15) is 16.3 Å². The van der Waals surface area contributed by atoms with Crippen LogP contribution in [0.15, 0.2) is 52.2 Å². The minimum absolute atomic E-state index is 0.176. The molecule has 0 spiro atoms. The van der Waals surface area contributed by atoms with Gasteiger partial charge in [-0.3, -0.25) is 9.78 Å². The predicted molar refractivity (Wildman–Crippen MR) is 111 cm³/mol. The number of aromatic nitrogens is 3. The molecule has 0 bridgehead atoms. The summed E-state index contributed by atoms with van der Waals surface area (Å²) in [6, 6.07) is 5.47. The molecule has 1 aliphatic rings. The van der Waals surface area contributed by atoms with Crippen LogP contribution in [0.25, 0.3) is 0 Å². The van der Waals surface area contributed by atoms with Crippen molar-refractivity contribution in [2.75, 3.05) is 11.1 Å². The van der Waals surface area contributed by atoms with Crippen molar-refractivity contribution in [2.45, 2.75) is 23.9 Å². The maximum atomic E-state index is 12.5. The van der Waals surface area contributed by atoms with Crippen molar-refractivity contribution in [3.05, 3.63) is 53.6 Å². The summed E-state index contributed by atoms with van der Waals surface area (Å²) in [6.07, 6.45) is 5.07. The number of hydrogen-bond donors (Lipinski definition) is 2. The average molecular weight is 412 g/mol. The summed E-state index contributed by atoms with van der Waals surface area (Å²) in [4.78, 5) is 30.5. The smallest absolute Gasteiger partial charge is 0.275 e. The fraction of sp³-hybridized carbons (Fsp3) is 0.222. The molecule has 3 heterocycles. The van der Waals surface area contributed by atoms with Gasteiger partial charge in [-0.25, -0.2) is 15.0 Å². The molecule has 0 aliphatic carbocycles. The number of amidine groups is 1. The Balaban J connectivity index is 1.76. The van der Waals surface area contributed by atoms with Crippen molar-refractivity contribution in [3.8, 4) is 6.07 Å². The van der Waals surface area contributed by atoms with Gasteiger partial charge in [0.2, 0.25) is 0 Å². The number of amides is 1. The molecule has 8 nitrogen and oxygen atoms in total. The summed E-state index contributed by atoms with van der Waals surface area (Å²) in [6.45, 7) is 5.92. The van der Waals surface area contributed by atoms with E-state index in [-0.39, 0.29) is 11.4 Å². The minimum Gasteiger partial charge on any atom is -0.378 e. The summed E-state index contributed by atoms with van der Waals surface area (Å²) in [5.41, 5.74) is 6.69. The Hall–Kier alpha value is -2.90. The van der Waals surface area contributed by atoms with Crippen LogP contribution < -0.4 is 11.1 Å². The van der Waals surface area contributed by atoms with Gasteiger partial charge >= 0.3 is 0 Å². The van der Waals surface area contributed by atoms with Crippen LogP contribution in [-0.4, -0.2) is 31.8 Å². The number of carbonyl (C=O) groups is 1. The highest BCUT2D eigenvalue weighted by Gasteiger charge is 2.33. The van der Waals surface area contributed by atoms with Gasteiger partial charge in [0.15, 0.2) is 5.17 Å². The van der Waals surface area contributed by atoms with Crippen LogP contribution in [0, 0.1) is 11.3 Å². The Kier molecular flexibility index (Phi) is 5.96. The molecule has 142 valence electrons. The van der Waals surface area contributed by atoms with Gasteiger partial charge in [-0.1, -0.05) is 30.1 Å². The molecule has 0 saturated heterocycles. The first-order chi connectivity index (χ1) is 13.4. The molecule has 0 fully saturated rings. The van der Waals surface area contributed by atoms with E-state index in [1.165, 1.54) is 35.9 Å². The van der Waals surface area contributed by atoms with Gasteiger partial charge in [-0.15, -0.1) is 0 Å². The summed E-state index contributed by atoms with van der Waals surface area (Å²) < 4.78 is 0. The van der Waals surface area contributed by atoms with Gasteiger partial charge in [0.05, 0.1) is 29.9 Å². The van der Waals surface area contributed by atoms with Crippen LogP contribution in [0.1, 0.15) is 29.5 Å². The van der Waals surface area contributed by atoms with Crippen molar-refractivity contribution >= 4 is 40.3 Å². The molecular formula is C18H17N7OS2. The highest BCUT2D eigenvalue weighted by atomic mass is 32.2. The normalized spacial score (nSPS) is 18.9. The second-order valence-corrected chi connectivity index (χ2v) is 8.31. The maximum absolute atomic E-state index is 12.5. The molecule has 3 rings (SSSR count). The van der Waals surface area contributed by atoms with Gasteiger partial charge in [0.25, 0.3) is 5.91 Å². The van der Waals surface area contributed by atoms with Crippen LogP contribution in [0.2, 0.25) is 0 Å². The van der Waals surface area contributed by atoms with Crippen molar-refractivity contribution in [2.24, 2.45) is 10.7 Å². The molecule has 1 aliphatic heterocycles. The molecule has 28 heavy (non-hydrogen) atoms. The molecule has 2 aromatic heterocycles. The molecule has 1 atom stereocenters. The SMILES string of the molecule is C=C1C[C@@](C)(c2cc(NC(=O)c3cnc(SCC#N)cn3)ccn2)N=C(N)S1. The van der Waals surface area contributed by atoms with Crippen LogP contribution in [-0.2, 0) is 5.54 Å². The van der Waals surface area contributed by atoms with E-state index in [0.29, 0.717) is 28.0 Å². The maximum Gasteiger partial charge on any atom is 0.275 e. The molecule has 1 amide bonds. The van der Waals surface area contributed by atoms with Gasteiger partial charge < -0.3 is 11.1 Å². The van der Waals surface area contributed by atoms with Gasteiger partial charge in [-0.2, -0.15) is 5.26 Å². The van der Waals surface area contributed by atoms with E-state index in [9.17, 15) is 4.79 Å². The van der Waals surface area contributed by atoms with Gasteiger partial charge in [0, 0.05) is 18.3 Å². The zero-order chi connectivity index (χ0) is 20.1. The van der Waals surface area contributed by atoms with E-state index in [4.69, 9.17) is 11.0 Å². The van der Waals surface area contributed by atoms with E-state index in [2.05, 4.69) is 31.8 Å². The Morgan fingerprint density at radius 2 is 2.29 bits per heavy atom. The third-order valence-corrected chi connectivity index (χ3v) is 5.38. The number of rotatable bonds is 5. The lowest BCUT2D eigenvalue weighted by molar-refractivity contribution is 0.102. The molecular weight excluding hydrogens is 394 g/mol. The van der Waals surface area contributed by atoms with Crippen LogP contribution in [0.5, 0.6) is 0 Å². The van der Waals surface area contributed by atoms with Crippen LogP contribution >= 0.6 is 23.5 Å². The highest BCUT2D eigenvalue weighted by molar-refractivity contribution is 8.17. The number of hydrogen-bond acceptors (Lipinski definition) is 9. The third-order valence-electron chi connectivity index (χ3n) is 3.86. The number of nitrogens with two attached hydrogens (primary N) is 1. The first-order valence-electron chi connectivity index (χ1n) is 8.20. The molecule has 3 N–H and O–H groups in total. The van der Waals surface area contributed by atoms with E-state index in [1.807, 2.05) is 13.0 Å². The predicted octanol–water partition coefficient (Wildman–Crippen LogP) is 2.92. The lowest BCUT2D eigenvalue weighted by atomic mass is 9.93. The standard InChI is InChI=1S/C18H17N7OS2/c1-11-8-18(2,25-17(20)28-11)14-7-12(3-5-21-14)24-16(26)13-9-23-15(10-22-13)27-6-4-19/h3,5,7,9-10H,1,6,8H2,2H3,(H2,20,25)(H,21,24,26)/t18-/m0/s1. The first-order valence-corrected chi connectivity index (χ1v) is 10.0. The van der Waals surface area contributed by atoms with E-state index < -0.39 is 11.4 Å². The quantitative estimate of drug-likeness (QED) is 0.718. The Bertz CT molecular complexity index is 984. The van der Waals surface area contributed by atoms with Crippen molar-refractivity contribution in [1.82, 2.24) is 15.0 Å².